The van der Waals surface area contributed by atoms with E-state index in [0.29, 0.717) is 18.1 Å². The summed E-state index contributed by atoms with van der Waals surface area (Å²) in [5.41, 5.74) is 0.543. The molecule has 2 heterocycles. The highest BCUT2D eigenvalue weighted by Crippen LogP contribution is 2.38. The van der Waals surface area contributed by atoms with Crippen LogP contribution in [0.1, 0.15) is 40.0 Å². The molecule has 0 unspecified atom stereocenters. The summed E-state index contributed by atoms with van der Waals surface area (Å²) in [6.07, 6.45) is 2.59. The van der Waals surface area contributed by atoms with Crippen LogP contribution in [0.3, 0.4) is 0 Å². The van der Waals surface area contributed by atoms with Crippen LogP contribution in [0.5, 0.6) is 0 Å². The molecule has 3 aliphatic rings. The lowest BCUT2D eigenvalue weighted by molar-refractivity contribution is -0.176. The van der Waals surface area contributed by atoms with Gasteiger partial charge in [0.1, 0.15) is 0 Å². The minimum absolute atomic E-state index is 0.126. The molecular weight excluding hydrogens is 286 g/mol. The number of benzene rings is 1. The van der Waals surface area contributed by atoms with Gasteiger partial charge in [-0.3, -0.25) is 9.59 Å². The van der Waals surface area contributed by atoms with Crippen molar-refractivity contribution in [1.82, 2.24) is 5.06 Å². The number of carbonyl (C=O) groups excluding carboxylic acids is 3. The van der Waals surface area contributed by atoms with Crippen LogP contribution in [0.4, 0.5) is 0 Å². The zero-order chi connectivity index (χ0) is 15.3. The van der Waals surface area contributed by atoms with Crippen molar-refractivity contribution in [3.05, 3.63) is 35.4 Å². The second kappa shape index (κ2) is 4.91. The molecular formula is C16H15NO5. The van der Waals surface area contributed by atoms with Crippen LogP contribution in [0.25, 0.3) is 0 Å². The molecule has 114 valence electrons. The molecule has 1 saturated heterocycles. The fourth-order valence-electron chi connectivity index (χ4n) is 3.53. The summed E-state index contributed by atoms with van der Waals surface area (Å²) in [5, 5.41) is 0.592. The van der Waals surface area contributed by atoms with Crippen molar-refractivity contribution in [2.45, 2.75) is 25.4 Å². The standard InChI is InChI=1S/C16H15NO5/c18-14-12-3-1-2-4-13(12)15(19)17(14)22-16(20)11-6-5-10-7-9(11)8-21-10/h1-4,9-11H,5-8H2/t9-,10+,11-/m1/s1. The molecule has 2 fully saturated rings. The third kappa shape index (κ3) is 1.94. The Hall–Kier alpha value is -2.21. The Morgan fingerprint density at radius 3 is 2.50 bits per heavy atom. The van der Waals surface area contributed by atoms with Crippen LogP contribution < -0.4 is 0 Å². The fraction of sp³-hybridized carbons (Fsp3) is 0.438. The van der Waals surface area contributed by atoms with Gasteiger partial charge in [-0.15, -0.1) is 0 Å². The molecule has 6 nitrogen and oxygen atoms in total. The third-order valence-electron chi connectivity index (χ3n) is 4.72. The summed E-state index contributed by atoms with van der Waals surface area (Å²) in [4.78, 5) is 41.9. The van der Waals surface area contributed by atoms with Crippen LogP contribution >= 0.6 is 0 Å². The lowest BCUT2D eigenvalue weighted by atomic mass is 9.80. The molecule has 1 aliphatic carbocycles. The van der Waals surface area contributed by atoms with Gasteiger partial charge in [-0.05, 0) is 37.3 Å². The van der Waals surface area contributed by atoms with Gasteiger partial charge in [0.15, 0.2) is 0 Å². The number of hydroxylamine groups is 2. The van der Waals surface area contributed by atoms with Crippen molar-refractivity contribution >= 4 is 17.8 Å². The molecule has 4 rings (SSSR count). The van der Waals surface area contributed by atoms with Crippen molar-refractivity contribution in [1.29, 1.82) is 0 Å². The van der Waals surface area contributed by atoms with Gasteiger partial charge in [-0.25, -0.2) is 4.79 Å². The summed E-state index contributed by atoms with van der Waals surface area (Å²) in [5.74, 6) is -1.84. The predicted molar refractivity (Wildman–Crippen MR) is 73.6 cm³/mol. The Labute approximate surface area is 126 Å². The SMILES string of the molecule is O=C(ON1C(=O)c2ccccc2C1=O)[C@@H]1CC[C@H]2C[C@@H]1CO2. The van der Waals surface area contributed by atoms with E-state index in [-0.39, 0.29) is 29.1 Å². The molecule has 0 N–H and O–H groups in total. The summed E-state index contributed by atoms with van der Waals surface area (Å²) < 4.78 is 5.56. The van der Waals surface area contributed by atoms with Crippen LogP contribution in [0, 0.1) is 11.8 Å². The van der Waals surface area contributed by atoms with E-state index in [1.807, 2.05) is 0 Å². The predicted octanol–water partition coefficient (Wildman–Crippen LogP) is 1.56. The van der Waals surface area contributed by atoms with Gasteiger partial charge in [-0.2, -0.15) is 0 Å². The molecule has 1 saturated carbocycles. The molecule has 2 amide bonds. The molecule has 1 aromatic carbocycles. The van der Waals surface area contributed by atoms with Crippen LogP contribution in [-0.4, -0.2) is 35.6 Å². The second-order valence-electron chi connectivity index (χ2n) is 6.00. The van der Waals surface area contributed by atoms with E-state index < -0.39 is 17.8 Å². The number of hydrogen-bond donors (Lipinski definition) is 0. The number of hydrogen-bond acceptors (Lipinski definition) is 5. The Balaban J connectivity index is 1.51. The van der Waals surface area contributed by atoms with Crippen LogP contribution in [-0.2, 0) is 14.4 Å². The maximum absolute atomic E-state index is 12.4. The Bertz CT molecular complexity index is 635. The molecule has 2 aliphatic heterocycles. The molecule has 3 atom stereocenters. The summed E-state index contributed by atoms with van der Waals surface area (Å²) in [6.45, 7) is 0.548. The van der Waals surface area contributed by atoms with Gasteiger partial charge in [0.05, 0.1) is 29.8 Å². The quantitative estimate of drug-likeness (QED) is 0.775. The van der Waals surface area contributed by atoms with Gasteiger partial charge in [-0.1, -0.05) is 17.2 Å². The van der Waals surface area contributed by atoms with E-state index in [9.17, 15) is 14.4 Å². The Morgan fingerprint density at radius 2 is 1.82 bits per heavy atom. The highest BCUT2D eigenvalue weighted by molar-refractivity contribution is 6.20. The first-order valence-corrected chi connectivity index (χ1v) is 7.46. The zero-order valence-corrected chi connectivity index (χ0v) is 11.9. The number of nitrogens with zero attached hydrogens (tertiary/aromatic N) is 1. The number of carbonyl (C=O) groups is 3. The Morgan fingerprint density at radius 1 is 1.14 bits per heavy atom. The highest BCUT2D eigenvalue weighted by Gasteiger charge is 2.44. The van der Waals surface area contributed by atoms with E-state index in [2.05, 4.69) is 0 Å². The van der Waals surface area contributed by atoms with Crippen molar-refractivity contribution in [3.8, 4) is 0 Å². The number of amides is 2. The number of ether oxygens (including phenoxy) is 1. The molecule has 0 spiro atoms. The maximum Gasteiger partial charge on any atom is 0.336 e. The van der Waals surface area contributed by atoms with E-state index in [1.54, 1.807) is 24.3 Å². The summed E-state index contributed by atoms with van der Waals surface area (Å²) in [6, 6.07) is 6.46. The zero-order valence-electron chi connectivity index (χ0n) is 11.9. The molecule has 22 heavy (non-hydrogen) atoms. The average molecular weight is 301 g/mol. The molecule has 1 aromatic rings. The normalized spacial score (nSPS) is 29.6. The van der Waals surface area contributed by atoms with E-state index >= 15 is 0 Å². The maximum atomic E-state index is 12.4. The van der Waals surface area contributed by atoms with Crippen LogP contribution in [0.2, 0.25) is 0 Å². The van der Waals surface area contributed by atoms with Gasteiger partial charge < -0.3 is 9.57 Å². The molecule has 6 heteroatoms. The summed E-state index contributed by atoms with van der Waals surface area (Å²) >= 11 is 0. The third-order valence-corrected chi connectivity index (χ3v) is 4.72. The first-order valence-electron chi connectivity index (χ1n) is 7.46. The van der Waals surface area contributed by atoms with E-state index in [1.165, 1.54) is 0 Å². The smallest absolute Gasteiger partial charge is 0.336 e. The van der Waals surface area contributed by atoms with Gasteiger partial charge in [0.2, 0.25) is 0 Å². The molecule has 0 radical (unpaired) electrons. The minimum Gasteiger partial charge on any atom is -0.378 e. The number of rotatable bonds is 2. The van der Waals surface area contributed by atoms with Gasteiger partial charge in [0, 0.05) is 0 Å². The minimum atomic E-state index is -0.578. The lowest BCUT2D eigenvalue weighted by Gasteiger charge is -2.26. The number of fused-ring (bicyclic) bond motifs is 3. The topological polar surface area (TPSA) is 72.9 Å². The van der Waals surface area contributed by atoms with Crippen molar-refractivity contribution < 1.29 is 24.0 Å². The van der Waals surface area contributed by atoms with Crippen LogP contribution in [0.15, 0.2) is 24.3 Å². The van der Waals surface area contributed by atoms with Gasteiger partial charge in [0.25, 0.3) is 11.8 Å². The molecule has 0 aromatic heterocycles. The van der Waals surface area contributed by atoms with E-state index in [0.717, 1.165) is 12.8 Å². The van der Waals surface area contributed by atoms with Crippen molar-refractivity contribution in [2.75, 3.05) is 6.61 Å². The fourth-order valence-corrected chi connectivity index (χ4v) is 3.53. The Kier molecular flexibility index (Phi) is 3.00. The monoisotopic (exact) mass is 301 g/mol. The van der Waals surface area contributed by atoms with Crippen molar-refractivity contribution in [3.63, 3.8) is 0 Å². The average Bonchev–Trinajstić information content (AvgIpc) is 3.02. The summed E-state index contributed by atoms with van der Waals surface area (Å²) in [7, 11) is 0. The first-order chi connectivity index (χ1) is 10.6. The number of imide groups is 1. The second-order valence-corrected chi connectivity index (χ2v) is 6.00. The lowest BCUT2D eigenvalue weighted by Crippen LogP contribution is -2.38. The first kappa shape index (κ1) is 13.5. The van der Waals surface area contributed by atoms with Gasteiger partial charge >= 0.3 is 5.97 Å². The van der Waals surface area contributed by atoms with Crippen molar-refractivity contribution in [2.24, 2.45) is 11.8 Å². The molecule has 2 bridgehead atoms. The van der Waals surface area contributed by atoms with E-state index in [4.69, 9.17) is 9.57 Å². The largest absolute Gasteiger partial charge is 0.378 e. The highest BCUT2D eigenvalue weighted by atomic mass is 16.7.